The number of nitrogens with one attached hydrogen (secondary N) is 3. The second kappa shape index (κ2) is 10.7. The van der Waals surface area contributed by atoms with E-state index < -0.39 is 0 Å². The number of hydrogen-bond acceptors (Lipinski definition) is 3. The molecule has 0 saturated heterocycles. The number of H-pyrrole nitrogens is 1. The average molecular weight is 519 g/mol. The molecule has 160 valence electrons. The van der Waals surface area contributed by atoms with Gasteiger partial charge in [-0.3, -0.25) is 4.99 Å². The van der Waals surface area contributed by atoms with Crippen molar-refractivity contribution in [2.24, 2.45) is 10.9 Å². The molecule has 0 atom stereocenters. The van der Waals surface area contributed by atoms with Gasteiger partial charge in [-0.15, -0.1) is 24.0 Å². The highest BCUT2D eigenvalue weighted by Crippen LogP contribution is 2.29. The Balaban J connectivity index is 0.00000256. The minimum Gasteiger partial charge on any atom is -0.477 e. The average Bonchev–Trinajstić information content (AvgIpc) is 3.48. The number of nitrogens with zero attached hydrogens (tertiary/aromatic N) is 2. The maximum atomic E-state index is 5.77. The molecule has 1 fully saturated rings. The van der Waals surface area contributed by atoms with E-state index in [1.54, 1.807) is 13.2 Å². The van der Waals surface area contributed by atoms with E-state index in [0.717, 1.165) is 37.0 Å². The number of guanidine groups is 1. The molecule has 3 N–H and O–H groups in total. The molecule has 2 heterocycles. The topological polar surface area (TPSA) is 74.3 Å². The molecule has 1 aliphatic rings. The molecule has 30 heavy (non-hydrogen) atoms. The van der Waals surface area contributed by atoms with E-state index in [-0.39, 0.29) is 24.0 Å². The Morgan fingerprint density at radius 2 is 2.13 bits per heavy atom. The van der Waals surface area contributed by atoms with Crippen LogP contribution in [0.1, 0.15) is 29.5 Å². The number of aryl methyl sites for hydroxylation is 1. The van der Waals surface area contributed by atoms with E-state index in [9.17, 15) is 0 Å². The molecule has 3 aromatic rings. The molecule has 1 saturated carbocycles. The van der Waals surface area contributed by atoms with Crippen molar-refractivity contribution in [3.63, 3.8) is 0 Å². The van der Waals surface area contributed by atoms with Crippen molar-refractivity contribution in [2.45, 2.75) is 32.7 Å². The van der Waals surface area contributed by atoms with Crippen LogP contribution in [-0.4, -0.2) is 36.1 Å². The fourth-order valence-electron chi connectivity index (χ4n) is 3.50. The van der Waals surface area contributed by atoms with E-state index in [1.165, 1.54) is 34.9 Å². The monoisotopic (exact) mass is 519 g/mol. The van der Waals surface area contributed by atoms with Crippen LogP contribution < -0.4 is 15.4 Å². The van der Waals surface area contributed by atoms with Gasteiger partial charge in [0, 0.05) is 49.5 Å². The summed E-state index contributed by atoms with van der Waals surface area (Å²) in [5, 5.41) is 8.10. The lowest BCUT2D eigenvalue weighted by Gasteiger charge is -2.12. The van der Waals surface area contributed by atoms with Gasteiger partial charge in [0.15, 0.2) is 5.96 Å². The first-order chi connectivity index (χ1) is 14.2. The third-order valence-corrected chi connectivity index (χ3v) is 5.33. The molecule has 0 unspecified atom stereocenters. The number of pyridine rings is 1. The molecule has 0 aliphatic heterocycles. The Bertz CT molecular complexity index is 996. The molecule has 1 aromatic carbocycles. The first kappa shape index (κ1) is 22.4. The highest BCUT2D eigenvalue weighted by Gasteiger charge is 2.22. The van der Waals surface area contributed by atoms with Crippen LogP contribution in [0.5, 0.6) is 5.88 Å². The molecule has 0 radical (unpaired) electrons. The third kappa shape index (κ3) is 5.87. The third-order valence-electron chi connectivity index (χ3n) is 5.33. The zero-order valence-corrected chi connectivity index (χ0v) is 19.9. The number of halogens is 1. The molecule has 0 amide bonds. The number of aliphatic imine (C=N–C) groups is 1. The van der Waals surface area contributed by atoms with Crippen molar-refractivity contribution in [3.05, 3.63) is 59.4 Å². The van der Waals surface area contributed by atoms with Crippen molar-refractivity contribution >= 4 is 40.8 Å². The van der Waals surface area contributed by atoms with Gasteiger partial charge in [-0.25, -0.2) is 4.98 Å². The van der Waals surface area contributed by atoms with Gasteiger partial charge in [0.1, 0.15) is 0 Å². The summed E-state index contributed by atoms with van der Waals surface area (Å²) in [4.78, 5) is 12.0. The number of aromatic nitrogens is 2. The Morgan fingerprint density at radius 1 is 1.27 bits per heavy atom. The van der Waals surface area contributed by atoms with E-state index >= 15 is 0 Å². The SMILES string of the molecule is CN=C(NCCc1c[nH]c2cccc(C)c12)NCc1ccnc(OCC2CC2)c1.I. The summed E-state index contributed by atoms with van der Waals surface area (Å²) in [6, 6.07) is 10.4. The van der Waals surface area contributed by atoms with Crippen molar-refractivity contribution in [1.82, 2.24) is 20.6 Å². The standard InChI is InChI=1S/C23H29N5O.HI/c1-16-4-3-5-20-22(16)19(14-27-20)9-11-26-23(24-2)28-13-18-8-10-25-21(12-18)29-15-17-6-7-17;/h3-5,8,10,12,14,17,27H,6-7,9,11,13,15H2,1-2H3,(H2,24,26,28);1H. The number of hydrogen-bond donors (Lipinski definition) is 3. The largest absolute Gasteiger partial charge is 0.477 e. The van der Waals surface area contributed by atoms with Gasteiger partial charge in [0.2, 0.25) is 5.88 Å². The van der Waals surface area contributed by atoms with Crippen molar-refractivity contribution < 1.29 is 4.74 Å². The van der Waals surface area contributed by atoms with Gasteiger partial charge >= 0.3 is 0 Å². The summed E-state index contributed by atoms with van der Waals surface area (Å²) in [6.07, 6.45) is 7.40. The Kier molecular flexibility index (Phi) is 7.95. The summed E-state index contributed by atoms with van der Waals surface area (Å²) in [7, 11) is 1.79. The highest BCUT2D eigenvalue weighted by molar-refractivity contribution is 14.0. The van der Waals surface area contributed by atoms with Crippen molar-refractivity contribution in [3.8, 4) is 5.88 Å². The predicted molar refractivity (Wildman–Crippen MR) is 133 cm³/mol. The van der Waals surface area contributed by atoms with Crippen molar-refractivity contribution in [2.75, 3.05) is 20.2 Å². The fourth-order valence-corrected chi connectivity index (χ4v) is 3.50. The lowest BCUT2D eigenvalue weighted by Crippen LogP contribution is -2.37. The van der Waals surface area contributed by atoms with Gasteiger partial charge < -0.3 is 20.4 Å². The summed E-state index contributed by atoms with van der Waals surface area (Å²) in [5.41, 5.74) is 4.95. The minimum atomic E-state index is 0. The molecule has 6 nitrogen and oxygen atoms in total. The van der Waals surface area contributed by atoms with E-state index in [4.69, 9.17) is 4.74 Å². The van der Waals surface area contributed by atoms with Gasteiger partial charge in [-0.1, -0.05) is 12.1 Å². The lowest BCUT2D eigenvalue weighted by atomic mass is 10.1. The number of ether oxygens (including phenoxy) is 1. The van der Waals surface area contributed by atoms with Crippen LogP contribution >= 0.6 is 24.0 Å². The fraction of sp³-hybridized carbons (Fsp3) is 0.391. The quantitative estimate of drug-likeness (QED) is 0.237. The van der Waals surface area contributed by atoms with E-state index in [1.807, 2.05) is 12.1 Å². The highest BCUT2D eigenvalue weighted by atomic mass is 127. The van der Waals surface area contributed by atoms with Crippen molar-refractivity contribution in [1.29, 1.82) is 0 Å². The van der Waals surface area contributed by atoms with Gasteiger partial charge in [-0.2, -0.15) is 0 Å². The summed E-state index contributed by atoms with van der Waals surface area (Å²) < 4.78 is 5.77. The summed E-state index contributed by atoms with van der Waals surface area (Å²) in [5.74, 6) is 2.22. The van der Waals surface area contributed by atoms with E-state index in [0.29, 0.717) is 12.4 Å². The summed E-state index contributed by atoms with van der Waals surface area (Å²) >= 11 is 0. The van der Waals surface area contributed by atoms with Crippen LogP contribution in [0.3, 0.4) is 0 Å². The van der Waals surface area contributed by atoms with Gasteiger partial charge in [-0.05, 0) is 60.9 Å². The van der Waals surface area contributed by atoms with Gasteiger partial charge in [0.25, 0.3) is 0 Å². The minimum absolute atomic E-state index is 0. The second-order valence-electron chi connectivity index (χ2n) is 7.67. The number of rotatable bonds is 8. The second-order valence-corrected chi connectivity index (χ2v) is 7.67. The molecular formula is C23H30IN5O. The molecular weight excluding hydrogens is 489 g/mol. The maximum Gasteiger partial charge on any atom is 0.213 e. The van der Waals surface area contributed by atoms with Crippen LogP contribution in [0.4, 0.5) is 0 Å². The predicted octanol–water partition coefficient (Wildman–Crippen LogP) is 4.19. The Morgan fingerprint density at radius 3 is 2.93 bits per heavy atom. The number of aromatic amines is 1. The molecule has 2 aromatic heterocycles. The zero-order chi connectivity index (χ0) is 20.1. The molecule has 0 bridgehead atoms. The maximum absolute atomic E-state index is 5.77. The normalized spacial score (nSPS) is 13.7. The van der Waals surface area contributed by atoms with Crippen LogP contribution in [0.15, 0.2) is 47.7 Å². The first-order valence-electron chi connectivity index (χ1n) is 10.3. The number of fused-ring (bicyclic) bond motifs is 1. The van der Waals surface area contributed by atoms with Crippen LogP contribution in [0.2, 0.25) is 0 Å². The van der Waals surface area contributed by atoms with Crippen LogP contribution in [0.25, 0.3) is 10.9 Å². The Labute approximate surface area is 194 Å². The van der Waals surface area contributed by atoms with Crippen LogP contribution in [0, 0.1) is 12.8 Å². The first-order valence-corrected chi connectivity index (χ1v) is 10.3. The lowest BCUT2D eigenvalue weighted by molar-refractivity contribution is 0.288. The molecule has 0 spiro atoms. The zero-order valence-electron chi connectivity index (χ0n) is 17.6. The van der Waals surface area contributed by atoms with E-state index in [2.05, 4.69) is 56.9 Å². The summed E-state index contributed by atoms with van der Waals surface area (Å²) in [6.45, 7) is 4.42. The number of benzene rings is 1. The smallest absolute Gasteiger partial charge is 0.213 e. The molecule has 7 heteroatoms. The molecule has 1 aliphatic carbocycles. The van der Waals surface area contributed by atoms with Gasteiger partial charge in [0.05, 0.1) is 6.61 Å². The van der Waals surface area contributed by atoms with Crippen LogP contribution in [-0.2, 0) is 13.0 Å². The molecule has 4 rings (SSSR count). The Hall–Kier alpha value is -2.29.